The summed E-state index contributed by atoms with van der Waals surface area (Å²) in [6.07, 6.45) is 3.22. The van der Waals surface area contributed by atoms with Crippen molar-refractivity contribution >= 4 is 16.9 Å². The molecule has 1 fully saturated rings. The van der Waals surface area contributed by atoms with E-state index in [9.17, 15) is 4.79 Å². The molecule has 0 aliphatic carbocycles. The highest BCUT2D eigenvalue weighted by molar-refractivity contribution is 6.04. The number of ether oxygens (including phenoxy) is 1. The van der Waals surface area contributed by atoms with Crippen molar-refractivity contribution in [3.63, 3.8) is 0 Å². The standard InChI is InChI=1S/C22H19N5O2/c1-13-3-2-4-19(27-13)21-20(25-12-26-21)14-5-6-18-17(9-14)16(7-8-24-18)22(28)29-15-10-23-11-15/h2-9,12,15,23H,10-11H2,1H3,(H,25,26). The molecule has 0 bridgehead atoms. The Morgan fingerprint density at radius 1 is 1.14 bits per heavy atom. The van der Waals surface area contributed by atoms with Crippen LogP contribution in [0.15, 0.2) is 55.0 Å². The Morgan fingerprint density at radius 3 is 2.83 bits per heavy atom. The number of esters is 1. The van der Waals surface area contributed by atoms with Crippen LogP contribution in [0.1, 0.15) is 16.1 Å². The topological polar surface area (TPSA) is 92.8 Å². The third-order valence-corrected chi connectivity index (χ3v) is 5.04. The van der Waals surface area contributed by atoms with Gasteiger partial charge >= 0.3 is 5.97 Å². The molecule has 144 valence electrons. The third kappa shape index (κ3) is 3.25. The molecule has 1 aliphatic rings. The number of H-pyrrole nitrogens is 1. The second kappa shape index (κ2) is 7.10. The molecule has 0 radical (unpaired) electrons. The Morgan fingerprint density at radius 2 is 2.03 bits per heavy atom. The normalized spacial score (nSPS) is 14.0. The van der Waals surface area contributed by atoms with E-state index in [1.807, 2.05) is 43.3 Å². The fourth-order valence-corrected chi connectivity index (χ4v) is 3.42. The minimum absolute atomic E-state index is 0.0702. The number of fused-ring (bicyclic) bond motifs is 1. The van der Waals surface area contributed by atoms with E-state index in [-0.39, 0.29) is 12.1 Å². The van der Waals surface area contributed by atoms with Crippen LogP contribution in [0.2, 0.25) is 0 Å². The summed E-state index contributed by atoms with van der Waals surface area (Å²) in [7, 11) is 0. The van der Waals surface area contributed by atoms with Crippen molar-refractivity contribution in [3.8, 4) is 22.6 Å². The van der Waals surface area contributed by atoms with Crippen molar-refractivity contribution in [2.24, 2.45) is 0 Å². The van der Waals surface area contributed by atoms with Crippen molar-refractivity contribution in [1.29, 1.82) is 0 Å². The Balaban J connectivity index is 1.58. The Kier molecular flexibility index (Phi) is 4.29. The van der Waals surface area contributed by atoms with Gasteiger partial charge in [-0.25, -0.2) is 9.78 Å². The molecular formula is C22H19N5O2. The van der Waals surface area contributed by atoms with E-state index in [4.69, 9.17) is 4.74 Å². The predicted octanol–water partition coefficient (Wildman–Crippen LogP) is 3.12. The van der Waals surface area contributed by atoms with E-state index in [1.54, 1.807) is 18.6 Å². The van der Waals surface area contributed by atoms with Crippen molar-refractivity contribution in [2.45, 2.75) is 13.0 Å². The maximum absolute atomic E-state index is 12.7. The first kappa shape index (κ1) is 17.5. The highest BCUT2D eigenvalue weighted by atomic mass is 16.5. The molecule has 1 aliphatic heterocycles. The Bertz CT molecular complexity index is 1210. The van der Waals surface area contributed by atoms with Crippen LogP contribution in [-0.2, 0) is 4.74 Å². The summed E-state index contributed by atoms with van der Waals surface area (Å²) in [5.74, 6) is -0.330. The lowest BCUT2D eigenvalue weighted by Gasteiger charge is -2.26. The third-order valence-electron chi connectivity index (χ3n) is 5.04. The number of benzene rings is 1. The van der Waals surface area contributed by atoms with E-state index >= 15 is 0 Å². The highest BCUT2D eigenvalue weighted by Crippen LogP contribution is 2.31. The number of carbonyl (C=O) groups excluding carboxylic acids is 1. The summed E-state index contributed by atoms with van der Waals surface area (Å²) < 4.78 is 5.56. The SMILES string of the molecule is Cc1cccc(-c2[nH]cnc2-c2ccc3nccc(C(=O)OC4CNC4)c3c2)n1. The number of imidazole rings is 1. The first-order chi connectivity index (χ1) is 14.2. The number of hydrogen-bond donors (Lipinski definition) is 2. The maximum Gasteiger partial charge on any atom is 0.339 e. The molecule has 3 aromatic heterocycles. The molecule has 2 N–H and O–H groups in total. The molecular weight excluding hydrogens is 366 g/mol. The summed E-state index contributed by atoms with van der Waals surface area (Å²) in [4.78, 5) is 29.4. The highest BCUT2D eigenvalue weighted by Gasteiger charge is 2.23. The molecule has 4 heterocycles. The summed E-state index contributed by atoms with van der Waals surface area (Å²) in [5, 5.41) is 3.85. The lowest BCUT2D eigenvalue weighted by atomic mass is 10.0. The number of aromatic nitrogens is 4. The zero-order chi connectivity index (χ0) is 19.8. The molecule has 0 saturated carbocycles. The van der Waals surface area contributed by atoms with Crippen LogP contribution in [0.5, 0.6) is 0 Å². The molecule has 29 heavy (non-hydrogen) atoms. The van der Waals surface area contributed by atoms with Gasteiger partial charge in [0.05, 0.1) is 34.5 Å². The van der Waals surface area contributed by atoms with Gasteiger partial charge in [-0.3, -0.25) is 9.97 Å². The van der Waals surface area contributed by atoms with E-state index in [1.165, 1.54) is 0 Å². The maximum atomic E-state index is 12.7. The number of nitrogens with one attached hydrogen (secondary N) is 2. The average molecular weight is 385 g/mol. The van der Waals surface area contributed by atoms with Crippen LogP contribution in [0.3, 0.4) is 0 Å². The van der Waals surface area contributed by atoms with Crippen LogP contribution in [-0.4, -0.2) is 45.1 Å². The second-order valence-electron chi connectivity index (χ2n) is 7.07. The van der Waals surface area contributed by atoms with Gasteiger partial charge in [0.15, 0.2) is 0 Å². The minimum atomic E-state index is -0.330. The molecule has 0 amide bonds. The van der Waals surface area contributed by atoms with Gasteiger partial charge in [-0.2, -0.15) is 0 Å². The number of aromatic amines is 1. The quantitative estimate of drug-likeness (QED) is 0.525. The number of aryl methyl sites for hydroxylation is 1. The van der Waals surface area contributed by atoms with Crippen molar-refractivity contribution in [3.05, 3.63) is 66.2 Å². The minimum Gasteiger partial charge on any atom is -0.456 e. The summed E-state index contributed by atoms with van der Waals surface area (Å²) in [6.45, 7) is 3.34. The summed E-state index contributed by atoms with van der Waals surface area (Å²) >= 11 is 0. The number of pyridine rings is 2. The van der Waals surface area contributed by atoms with Gasteiger partial charge in [0.25, 0.3) is 0 Å². The van der Waals surface area contributed by atoms with Gasteiger partial charge in [-0.1, -0.05) is 12.1 Å². The number of carbonyl (C=O) groups is 1. The van der Waals surface area contributed by atoms with Crippen LogP contribution in [0.25, 0.3) is 33.5 Å². The van der Waals surface area contributed by atoms with Crippen LogP contribution in [0, 0.1) is 6.92 Å². The van der Waals surface area contributed by atoms with Gasteiger partial charge in [0.2, 0.25) is 0 Å². The van der Waals surface area contributed by atoms with E-state index < -0.39 is 0 Å². The molecule has 5 rings (SSSR count). The van der Waals surface area contributed by atoms with E-state index in [0.717, 1.165) is 39.2 Å². The van der Waals surface area contributed by atoms with Crippen molar-refractivity contribution in [2.75, 3.05) is 13.1 Å². The molecule has 1 saturated heterocycles. The monoisotopic (exact) mass is 385 g/mol. The summed E-state index contributed by atoms with van der Waals surface area (Å²) in [6, 6.07) is 13.4. The predicted molar refractivity (Wildman–Crippen MR) is 109 cm³/mol. The average Bonchev–Trinajstić information content (AvgIpc) is 3.19. The number of nitrogens with zero attached hydrogens (tertiary/aromatic N) is 3. The van der Waals surface area contributed by atoms with Crippen molar-refractivity contribution in [1.82, 2.24) is 25.3 Å². The first-order valence-electron chi connectivity index (χ1n) is 9.47. The first-order valence-corrected chi connectivity index (χ1v) is 9.47. The van der Waals surface area contributed by atoms with Crippen LogP contribution >= 0.6 is 0 Å². The fraction of sp³-hybridized carbons (Fsp3) is 0.182. The van der Waals surface area contributed by atoms with Gasteiger partial charge in [0.1, 0.15) is 6.10 Å². The fourth-order valence-electron chi connectivity index (χ4n) is 3.42. The van der Waals surface area contributed by atoms with Crippen molar-refractivity contribution < 1.29 is 9.53 Å². The van der Waals surface area contributed by atoms with E-state index in [0.29, 0.717) is 18.7 Å². The second-order valence-corrected chi connectivity index (χ2v) is 7.07. The molecule has 0 unspecified atom stereocenters. The number of rotatable bonds is 4. The summed E-state index contributed by atoms with van der Waals surface area (Å²) in [5.41, 5.74) is 5.49. The van der Waals surface area contributed by atoms with Gasteiger partial charge in [0, 0.05) is 35.9 Å². The molecule has 7 heteroatoms. The van der Waals surface area contributed by atoms with Gasteiger partial charge in [-0.15, -0.1) is 0 Å². The largest absolute Gasteiger partial charge is 0.456 e. The van der Waals surface area contributed by atoms with Gasteiger partial charge < -0.3 is 15.0 Å². The lowest BCUT2D eigenvalue weighted by molar-refractivity contribution is 0.0172. The van der Waals surface area contributed by atoms with Crippen LogP contribution in [0.4, 0.5) is 0 Å². The zero-order valence-corrected chi connectivity index (χ0v) is 15.8. The molecule has 4 aromatic rings. The molecule has 0 spiro atoms. The smallest absolute Gasteiger partial charge is 0.339 e. The number of hydrogen-bond acceptors (Lipinski definition) is 6. The Labute approximate surface area is 167 Å². The van der Waals surface area contributed by atoms with E-state index in [2.05, 4.69) is 25.3 Å². The van der Waals surface area contributed by atoms with Gasteiger partial charge in [-0.05, 0) is 37.3 Å². The lowest BCUT2D eigenvalue weighted by Crippen LogP contribution is -2.49. The molecule has 1 aromatic carbocycles. The molecule has 0 atom stereocenters. The molecule has 7 nitrogen and oxygen atoms in total. The van der Waals surface area contributed by atoms with Crippen LogP contribution < -0.4 is 5.32 Å². The zero-order valence-electron chi connectivity index (χ0n) is 15.8. The Hall–Kier alpha value is -3.58.